The molecular formula is C24H20F3N5O2. The fourth-order valence-electron chi connectivity index (χ4n) is 3.90. The SMILES string of the molecule is O=C(Nc1ccc(N2CCC2)nc1)c1cc2ccncc2n1C(OC(F)(F)F)c1ccccc1. The number of pyridine rings is 2. The lowest BCUT2D eigenvalue weighted by atomic mass is 10.2. The number of rotatable bonds is 6. The molecule has 7 nitrogen and oxygen atoms in total. The predicted molar refractivity (Wildman–Crippen MR) is 120 cm³/mol. The number of aromatic nitrogens is 3. The van der Waals surface area contributed by atoms with E-state index in [0.29, 0.717) is 16.6 Å². The van der Waals surface area contributed by atoms with Crippen LogP contribution in [0.3, 0.4) is 0 Å². The number of amides is 1. The highest BCUT2D eigenvalue weighted by Gasteiger charge is 2.37. The number of anilines is 2. The molecule has 0 bridgehead atoms. The third-order valence-electron chi connectivity index (χ3n) is 5.63. The van der Waals surface area contributed by atoms with Crippen LogP contribution in [0.2, 0.25) is 0 Å². The second-order valence-electron chi connectivity index (χ2n) is 7.86. The lowest BCUT2D eigenvalue weighted by Gasteiger charge is -2.31. The summed E-state index contributed by atoms with van der Waals surface area (Å²) in [4.78, 5) is 23.8. The molecule has 1 aliphatic rings. The van der Waals surface area contributed by atoms with Gasteiger partial charge in [-0.25, -0.2) is 4.98 Å². The molecule has 10 heteroatoms. The second-order valence-corrected chi connectivity index (χ2v) is 7.86. The lowest BCUT2D eigenvalue weighted by Crippen LogP contribution is -2.37. The van der Waals surface area contributed by atoms with E-state index in [9.17, 15) is 18.0 Å². The van der Waals surface area contributed by atoms with Crippen molar-refractivity contribution in [3.8, 4) is 0 Å². The van der Waals surface area contributed by atoms with Crippen molar-refractivity contribution < 1.29 is 22.7 Å². The number of nitrogens with one attached hydrogen (secondary N) is 1. The van der Waals surface area contributed by atoms with Gasteiger partial charge in [-0.15, -0.1) is 13.2 Å². The van der Waals surface area contributed by atoms with Crippen molar-refractivity contribution in [3.05, 3.63) is 84.4 Å². The van der Waals surface area contributed by atoms with Gasteiger partial charge in [0.15, 0.2) is 6.23 Å². The van der Waals surface area contributed by atoms with Crippen LogP contribution in [0.4, 0.5) is 24.7 Å². The van der Waals surface area contributed by atoms with E-state index in [-0.39, 0.29) is 11.3 Å². The number of benzene rings is 1. The van der Waals surface area contributed by atoms with Gasteiger partial charge >= 0.3 is 6.36 Å². The van der Waals surface area contributed by atoms with E-state index < -0.39 is 18.5 Å². The summed E-state index contributed by atoms with van der Waals surface area (Å²) in [6, 6.07) is 14.6. The average molecular weight is 467 g/mol. The maximum absolute atomic E-state index is 13.4. The van der Waals surface area contributed by atoms with E-state index in [1.807, 2.05) is 0 Å². The summed E-state index contributed by atoms with van der Waals surface area (Å²) >= 11 is 0. The largest absolute Gasteiger partial charge is 0.524 e. The molecule has 0 saturated carbocycles. The highest BCUT2D eigenvalue weighted by atomic mass is 19.4. The molecule has 1 atom stereocenters. The van der Waals surface area contributed by atoms with Crippen LogP contribution in [-0.4, -0.2) is 39.9 Å². The van der Waals surface area contributed by atoms with Crippen molar-refractivity contribution in [1.29, 1.82) is 0 Å². The summed E-state index contributed by atoms with van der Waals surface area (Å²) in [5.74, 6) is 0.216. The van der Waals surface area contributed by atoms with Crippen molar-refractivity contribution in [3.63, 3.8) is 0 Å². The molecule has 4 aromatic rings. The number of carbonyl (C=O) groups excluding carboxylic acids is 1. The summed E-state index contributed by atoms with van der Waals surface area (Å²) < 4.78 is 46.0. The van der Waals surface area contributed by atoms with Gasteiger partial charge in [0.2, 0.25) is 0 Å². The minimum Gasteiger partial charge on any atom is -0.356 e. The fourth-order valence-corrected chi connectivity index (χ4v) is 3.90. The molecular weight excluding hydrogens is 447 g/mol. The lowest BCUT2D eigenvalue weighted by molar-refractivity contribution is -0.348. The Labute approximate surface area is 192 Å². The molecule has 1 unspecified atom stereocenters. The number of nitrogens with zero attached hydrogens (tertiary/aromatic N) is 4. The monoisotopic (exact) mass is 467 g/mol. The van der Waals surface area contributed by atoms with Crippen molar-refractivity contribution in [2.24, 2.45) is 0 Å². The standard InChI is InChI=1S/C24H20F3N5O2/c25-24(26,27)34-23(16-5-2-1-3-6-16)32-19(13-17-9-10-28-15-20(17)32)22(33)30-18-7-8-21(29-14-18)31-11-4-12-31/h1-3,5-10,13-15,23H,4,11-12H2,(H,30,33). The number of carbonyl (C=O) groups is 1. The third kappa shape index (κ3) is 4.44. The molecule has 4 heterocycles. The summed E-state index contributed by atoms with van der Waals surface area (Å²) in [6.45, 7) is 1.87. The molecule has 174 valence electrons. The van der Waals surface area contributed by atoms with Gasteiger partial charge in [0, 0.05) is 30.2 Å². The summed E-state index contributed by atoms with van der Waals surface area (Å²) in [6.07, 6.45) is -1.01. The van der Waals surface area contributed by atoms with Crippen LogP contribution in [0.25, 0.3) is 10.9 Å². The third-order valence-corrected chi connectivity index (χ3v) is 5.63. The van der Waals surface area contributed by atoms with Gasteiger partial charge in [0.25, 0.3) is 5.91 Å². The number of hydrogen-bond donors (Lipinski definition) is 1. The van der Waals surface area contributed by atoms with E-state index in [4.69, 9.17) is 0 Å². The number of halogens is 3. The smallest absolute Gasteiger partial charge is 0.356 e. The van der Waals surface area contributed by atoms with Crippen LogP contribution in [-0.2, 0) is 4.74 Å². The summed E-state index contributed by atoms with van der Waals surface area (Å²) in [5, 5.41) is 3.29. The average Bonchev–Trinajstić information content (AvgIpc) is 3.17. The van der Waals surface area contributed by atoms with Gasteiger partial charge in [0.05, 0.1) is 23.6 Å². The van der Waals surface area contributed by atoms with Crippen molar-refractivity contribution >= 4 is 28.3 Å². The number of hydrogen-bond acceptors (Lipinski definition) is 5. The predicted octanol–water partition coefficient (Wildman–Crippen LogP) is 4.98. The highest BCUT2D eigenvalue weighted by molar-refractivity contribution is 6.06. The Kier molecular flexibility index (Phi) is 5.66. The molecule has 0 spiro atoms. The molecule has 3 aromatic heterocycles. The van der Waals surface area contributed by atoms with E-state index in [0.717, 1.165) is 25.3 Å². The van der Waals surface area contributed by atoms with Gasteiger partial charge in [0.1, 0.15) is 11.5 Å². The summed E-state index contributed by atoms with van der Waals surface area (Å²) in [5.41, 5.74) is 0.984. The molecule has 1 fully saturated rings. The zero-order valence-electron chi connectivity index (χ0n) is 17.9. The summed E-state index contributed by atoms with van der Waals surface area (Å²) in [7, 11) is 0. The van der Waals surface area contributed by atoms with E-state index in [1.165, 1.54) is 41.4 Å². The van der Waals surface area contributed by atoms with Crippen LogP contribution in [0, 0.1) is 0 Å². The van der Waals surface area contributed by atoms with Gasteiger partial charge < -0.3 is 14.8 Å². The Balaban J connectivity index is 1.54. The molecule has 0 radical (unpaired) electrons. The molecule has 1 N–H and O–H groups in total. The van der Waals surface area contributed by atoms with Gasteiger partial charge in [-0.1, -0.05) is 30.3 Å². The Morgan fingerprint density at radius 2 is 1.85 bits per heavy atom. The first-order valence-corrected chi connectivity index (χ1v) is 10.7. The first kappa shape index (κ1) is 21.9. The van der Waals surface area contributed by atoms with E-state index >= 15 is 0 Å². The normalized spacial score (nSPS) is 14.6. The fraction of sp³-hybridized carbons (Fsp3) is 0.208. The zero-order valence-corrected chi connectivity index (χ0v) is 17.9. The molecule has 34 heavy (non-hydrogen) atoms. The second kappa shape index (κ2) is 8.79. The zero-order chi connectivity index (χ0) is 23.7. The number of alkyl halides is 3. The van der Waals surface area contributed by atoms with Gasteiger partial charge in [-0.05, 0) is 30.7 Å². The van der Waals surface area contributed by atoms with Crippen LogP contribution in [0.5, 0.6) is 0 Å². The van der Waals surface area contributed by atoms with Crippen molar-refractivity contribution in [1.82, 2.24) is 14.5 Å². The molecule has 5 rings (SSSR count). The Morgan fingerprint density at radius 3 is 2.50 bits per heavy atom. The number of ether oxygens (including phenoxy) is 1. The van der Waals surface area contributed by atoms with Gasteiger partial charge in [-0.2, -0.15) is 0 Å². The molecule has 1 saturated heterocycles. The number of fused-ring (bicyclic) bond motifs is 1. The Bertz CT molecular complexity index is 1300. The van der Waals surface area contributed by atoms with Gasteiger partial charge in [-0.3, -0.25) is 14.5 Å². The quantitative estimate of drug-likeness (QED) is 0.433. The minimum atomic E-state index is -4.94. The van der Waals surface area contributed by atoms with Crippen LogP contribution < -0.4 is 10.2 Å². The first-order chi connectivity index (χ1) is 16.4. The topological polar surface area (TPSA) is 72.3 Å². The maximum atomic E-state index is 13.4. The van der Waals surface area contributed by atoms with E-state index in [2.05, 4.69) is 24.9 Å². The highest BCUT2D eigenvalue weighted by Crippen LogP contribution is 2.34. The maximum Gasteiger partial charge on any atom is 0.524 e. The molecule has 1 amide bonds. The Morgan fingerprint density at radius 1 is 1.06 bits per heavy atom. The van der Waals surface area contributed by atoms with Crippen LogP contribution in [0.15, 0.2) is 73.2 Å². The van der Waals surface area contributed by atoms with E-state index in [1.54, 1.807) is 36.4 Å². The molecule has 1 aromatic carbocycles. The molecule has 0 aliphatic carbocycles. The van der Waals surface area contributed by atoms with Crippen molar-refractivity contribution in [2.45, 2.75) is 19.0 Å². The Hall–Kier alpha value is -3.92. The van der Waals surface area contributed by atoms with Crippen molar-refractivity contribution in [2.75, 3.05) is 23.3 Å². The first-order valence-electron chi connectivity index (χ1n) is 10.7. The van der Waals surface area contributed by atoms with Crippen LogP contribution >= 0.6 is 0 Å². The molecule has 1 aliphatic heterocycles. The minimum absolute atomic E-state index is 0.00655. The van der Waals surface area contributed by atoms with Crippen LogP contribution in [0.1, 0.15) is 28.7 Å².